The second-order valence-electron chi connectivity index (χ2n) is 3.60. The minimum atomic E-state index is -6.09. The number of allylic oxidation sites excluding steroid dienone is 1. The van der Waals surface area contributed by atoms with Gasteiger partial charge in [0.2, 0.25) is 0 Å². The molecule has 0 fully saturated rings. The molecule has 0 unspecified atom stereocenters. The van der Waals surface area contributed by atoms with Crippen molar-refractivity contribution in [2.24, 2.45) is 0 Å². The van der Waals surface area contributed by atoms with Gasteiger partial charge in [0.15, 0.2) is 10.1 Å². The molecule has 1 rings (SSSR count). The predicted octanol–water partition coefficient (Wildman–Crippen LogP) is 2.96. The fraction of sp³-hybridized carbons (Fsp3) is 0.364. The van der Waals surface area contributed by atoms with Gasteiger partial charge in [-0.25, -0.2) is 12.8 Å². The third-order valence-corrected chi connectivity index (χ3v) is 2.31. The van der Waals surface area contributed by atoms with E-state index >= 15 is 0 Å². The van der Waals surface area contributed by atoms with E-state index in [4.69, 9.17) is 17.4 Å². The first-order valence-electron chi connectivity index (χ1n) is 5.00. The Morgan fingerprint density at radius 2 is 1.84 bits per heavy atom. The molecule has 0 N–H and O–H groups in total. The first-order valence-corrected chi connectivity index (χ1v) is 6.41. The molecule has 4 nitrogen and oxygen atoms in total. The number of aryl methyl sites for hydroxylation is 2. The molecule has 19 heavy (non-hydrogen) atoms. The van der Waals surface area contributed by atoms with Gasteiger partial charge in [-0.1, -0.05) is 6.08 Å². The fourth-order valence-electron chi connectivity index (χ4n) is 1.12. The van der Waals surface area contributed by atoms with Crippen molar-refractivity contribution in [1.29, 1.82) is 0 Å². The monoisotopic (exact) mass is 298 g/mol. The summed E-state index contributed by atoms with van der Waals surface area (Å²) in [7, 11) is -6.09. The second-order valence-corrected chi connectivity index (χ2v) is 4.98. The minimum absolute atomic E-state index is 0.808. The van der Waals surface area contributed by atoms with Gasteiger partial charge in [0.05, 0.1) is 13.3 Å². The highest BCUT2D eigenvalue weighted by Crippen LogP contribution is 2.20. The molecule has 0 saturated heterocycles. The Bertz CT molecular complexity index is 515. The molecule has 0 amide bonds. The van der Waals surface area contributed by atoms with Crippen LogP contribution in [0.15, 0.2) is 29.2 Å². The lowest BCUT2D eigenvalue weighted by Crippen LogP contribution is -2.21. The van der Waals surface area contributed by atoms with Gasteiger partial charge in [-0.3, -0.25) is 0 Å². The summed E-state index contributed by atoms with van der Waals surface area (Å²) in [5.41, 5.74) is -4.40. The number of rotatable bonds is 2. The van der Waals surface area contributed by atoms with E-state index in [0.29, 0.717) is 0 Å². The maximum Gasteiger partial charge on any atom is 0.485 e. The van der Waals surface area contributed by atoms with E-state index in [9.17, 15) is 13.2 Å². The molecule has 8 heteroatoms. The number of alkyl halides is 3. The van der Waals surface area contributed by atoms with Crippen molar-refractivity contribution in [3.8, 4) is 0 Å². The van der Waals surface area contributed by atoms with Gasteiger partial charge >= 0.3 is 17.0 Å². The Balaban J connectivity index is 0.000000362. The van der Waals surface area contributed by atoms with Crippen LogP contribution in [0.1, 0.15) is 17.1 Å². The summed E-state index contributed by atoms with van der Waals surface area (Å²) in [4.78, 5) is 0. The van der Waals surface area contributed by atoms with Crippen molar-refractivity contribution in [1.82, 2.24) is 0 Å². The van der Waals surface area contributed by atoms with Crippen molar-refractivity contribution in [3.05, 3.63) is 41.9 Å². The van der Waals surface area contributed by atoms with Crippen LogP contribution in [-0.2, 0) is 16.5 Å². The van der Waals surface area contributed by atoms with Gasteiger partial charge in [0.25, 0.3) is 0 Å². The zero-order valence-electron chi connectivity index (χ0n) is 10.3. The van der Waals surface area contributed by atoms with Crippen molar-refractivity contribution in [3.63, 3.8) is 0 Å². The molecule has 108 valence electrons. The van der Waals surface area contributed by atoms with Crippen molar-refractivity contribution < 1.29 is 30.6 Å². The molecule has 0 radical (unpaired) electrons. The Morgan fingerprint density at radius 3 is 2.16 bits per heavy atom. The summed E-state index contributed by atoms with van der Waals surface area (Å²) >= 11 is 0. The van der Waals surface area contributed by atoms with E-state index in [0.717, 1.165) is 17.9 Å². The van der Waals surface area contributed by atoms with Crippen LogP contribution in [0.3, 0.4) is 0 Å². The Kier molecular flexibility index (Phi) is 6.17. The number of hydrogen-bond donors (Lipinski definition) is 0. The zero-order valence-corrected chi connectivity index (χ0v) is 11.1. The van der Waals surface area contributed by atoms with Crippen molar-refractivity contribution in [2.45, 2.75) is 25.8 Å². The average Bonchev–Trinajstić information content (AvgIpc) is 2.13. The highest BCUT2D eigenvalue weighted by atomic mass is 32.2. The van der Waals surface area contributed by atoms with E-state index in [1.54, 1.807) is 0 Å². The summed E-state index contributed by atoms with van der Waals surface area (Å²) in [6.45, 7) is 7.68. The van der Waals surface area contributed by atoms with Crippen LogP contribution >= 0.6 is 0 Å². The van der Waals surface area contributed by atoms with E-state index in [-0.39, 0.29) is 0 Å². The first-order chi connectivity index (χ1) is 8.47. The molecule has 1 heterocycles. The summed E-state index contributed by atoms with van der Waals surface area (Å²) in [6.07, 6.45) is 2.65. The van der Waals surface area contributed by atoms with Crippen LogP contribution in [0.25, 0.3) is 0 Å². The quantitative estimate of drug-likeness (QED) is 0.364. The maximum atomic E-state index is 10.7. The molecule has 0 aliphatic heterocycles. The van der Waals surface area contributed by atoms with E-state index in [1.807, 2.05) is 25.1 Å². The average molecular weight is 298 g/mol. The Morgan fingerprint density at radius 1 is 1.37 bits per heavy atom. The normalized spacial score (nSPS) is 11.5. The predicted molar refractivity (Wildman–Crippen MR) is 62.2 cm³/mol. The molecule has 0 atom stereocenters. The molecular weight excluding hydrogens is 285 g/mol. The van der Waals surface area contributed by atoms with Crippen LogP contribution in [-0.4, -0.2) is 18.5 Å². The molecule has 0 saturated carbocycles. The maximum absolute atomic E-state index is 10.7. The third kappa shape index (κ3) is 6.92. The lowest BCUT2D eigenvalue weighted by atomic mass is 10.2. The summed E-state index contributed by atoms with van der Waals surface area (Å²) < 4.78 is 64.3. The van der Waals surface area contributed by atoms with E-state index in [1.165, 1.54) is 5.56 Å². The number of hydrogen-bond acceptors (Lipinski definition) is 3. The van der Waals surface area contributed by atoms with E-state index in [2.05, 4.69) is 13.5 Å². The van der Waals surface area contributed by atoms with Crippen LogP contribution in [0.4, 0.5) is 13.2 Å². The smallest absolute Gasteiger partial charge is 0.485 e. The van der Waals surface area contributed by atoms with Crippen molar-refractivity contribution in [2.75, 3.05) is 0 Å². The zero-order chi connectivity index (χ0) is 15.3. The van der Waals surface area contributed by atoms with Crippen LogP contribution in [0.2, 0.25) is 0 Å². The first kappa shape index (κ1) is 17.6. The Hall–Kier alpha value is -1.41. The highest BCUT2D eigenvalue weighted by Gasteiger charge is 2.36. The topological polar surface area (TPSA) is 68.5 Å². The van der Waals surface area contributed by atoms with Gasteiger partial charge in [-0.2, -0.15) is 13.2 Å². The molecule has 1 aromatic heterocycles. The largest absolute Gasteiger partial charge is 0.741 e. The van der Waals surface area contributed by atoms with Crippen LogP contribution in [0.5, 0.6) is 0 Å². The van der Waals surface area contributed by atoms with Crippen LogP contribution < -0.4 is 0 Å². The van der Waals surface area contributed by atoms with Crippen molar-refractivity contribution >= 4 is 10.1 Å². The Labute approximate surface area is 109 Å². The summed E-state index contributed by atoms with van der Waals surface area (Å²) in [5.74, 6) is 1.94. The molecule has 0 aromatic carbocycles. The van der Waals surface area contributed by atoms with Crippen LogP contribution in [0, 0.1) is 13.8 Å². The van der Waals surface area contributed by atoms with Gasteiger partial charge in [0.1, 0.15) is 0 Å². The third-order valence-electron chi connectivity index (χ3n) is 1.74. The molecule has 0 spiro atoms. The van der Waals surface area contributed by atoms with Gasteiger partial charge in [-0.15, -0.1) is 6.58 Å². The van der Waals surface area contributed by atoms with Gasteiger partial charge < -0.3 is 4.55 Å². The summed E-state index contributed by atoms with van der Waals surface area (Å²) in [6, 6.07) is 4.06. The fourth-order valence-corrected chi connectivity index (χ4v) is 1.12. The van der Waals surface area contributed by atoms with Gasteiger partial charge in [0, 0.05) is 12.1 Å². The van der Waals surface area contributed by atoms with E-state index < -0.39 is 15.6 Å². The standard InChI is InChI=1S/C10H13O.CHF3O3S/c1-4-5-10-7-8(2)6-9(3)11-10;2-1(3,4)8(5,6)7/h4,6-7H,1,5H2,2-3H3;(H,5,6,7)/q+1;/p-1. The minimum Gasteiger partial charge on any atom is -0.741 e. The molecule has 0 bridgehead atoms. The molecular formula is C11H13F3O4S. The van der Waals surface area contributed by atoms with Gasteiger partial charge in [-0.05, 0) is 12.5 Å². The SMILES string of the molecule is C=CCc1cc(C)cc(C)[o+]1.O=S(=O)([O-])C(F)(F)F. The molecule has 0 aliphatic carbocycles. The number of halogens is 3. The lowest BCUT2D eigenvalue weighted by molar-refractivity contribution is -0.0517. The molecule has 1 aromatic rings. The second kappa shape index (κ2) is 6.67. The summed E-state index contributed by atoms with van der Waals surface area (Å²) in [5, 5.41) is 0. The molecule has 0 aliphatic rings. The lowest BCUT2D eigenvalue weighted by Gasteiger charge is -2.08. The highest BCUT2D eigenvalue weighted by molar-refractivity contribution is 7.86.